The quantitative estimate of drug-likeness (QED) is 0.547. The molecule has 0 amide bonds. The van der Waals surface area contributed by atoms with Gasteiger partial charge in [0.2, 0.25) is 10.0 Å². The average Bonchev–Trinajstić information content (AvgIpc) is 3.08. The normalized spacial score (nSPS) is 20.1. The first kappa shape index (κ1) is 22.1. The van der Waals surface area contributed by atoms with Gasteiger partial charge in [-0.05, 0) is 56.2 Å². The van der Waals surface area contributed by atoms with Crippen molar-refractivity contribution in [2.24, 2.45) is 0 Å². The van der Waals surface area contributed by atoms with E-state index in [0.717, 1.165) is 31.2 Å². The van der Waals surface area contributed by atoms with Crippen molar-refractivity contribution in [2.45, 2.75) is 50.7 Å². The number of sulfonamides is 1. The highest BCUT2D eigenvalue weighted by atomic mass is 35.5. The Bertz CT molecular complexity index is 725. The van der Waals surface area contributed by atoms with Crippen LogP contribution in [0.1, 0.15) is 37.7 Å². The highest BCUT2D eigenvalue weighted by Crippen LogP contribution is 2.24. The fraction of sp³-hybridized carbons (Fsp3) is 0.632. The summed E-state index contributed by atoms with van der Waals surface area (Å²) in [6.07, 6.45) is 5.14. The molecule has 6 nitrogen and oxygen atoms in total. The molecule has 1 fully saturated rings. The number of aryl methyl sites for hydroxylation is 1. The lowest BCUT2D eigenvalue weighted by Gasteiger charge is -2.21. The van der Waals surface area contributed by atoms with Crippen LogP contribution >= 0.6 is 11.6 Å². The second-order valence-corrected chi connectivity index (χ2v) is 9.30. The number of benzene rings is 1. The van der Waals surface area contributed by atoms with Crippen LogP contribution in [0.3, 0.4) is 0 Å². The SMILES string of the molecule is COC(=O)C1CCC(CCCN(CCCc2cccc(Cl)c2)S(C)(=O)=O)O1. The van der Waals surface area contributed by atoms with Crippen molar-refractivity contribution in [3.63, 3.8) is 0 Å². The summed E-state index contributed by atoms with van der Waals surface area (Å²) in [5, 5.41) is 0.689. The molecule has 1 aromatic carbocycles. The number of carbonyl (C=O) groups is 1. The number of rotatable bonds is 10. The lowest BCUT2D eigenvalue weighted by molar-refractivity contribution is -0.153. The Hall–Kier alpha value is -1.15. The lowest BCUT2D eigenvalue weighted by atomic mass is 10.1. The molecule has 0 saturated carbocycles. The molecule has 0 N–H and O–H groups in total. The minimum Gasteiger partial charge on any atom is -0.467 e. The van der Waals surface area contributed by atoms with Crippen LogP contribution in [0.15, 0.2) is 24.3 Å². The Morgan fingerprint density at radius 3 is 2.70 bits per heavy atom. The van der Waals surface area contributed by atoms with Gasteiger partial charge in [-0.2, -0.15) is 0 Å². The first-order chi connectivity index (χ1) is 12.8. The monoisotopic (exact) mass is 417 g/mol. The van der Waals surface area contributed by atoms with Crippen molar-refractivity contribution in [2.75, 3.05) is 26.5 Å². The van der Waals surface area contributed by atoms with Crippen molar-refractivity contribution < 1.29 is 22.7 Å². The van der Waals surface area contributed by atoms with Gasteiger partial charge in [0.1, 0.15) is 0 Å². The predicted molar refractivity (Wildman–Crippen MR) is 105 cm³/mol. The molecule has 0 spiro atoms. The van der Waals surface area contributed by atoms with Gasteiger partial charge in [0, 0.05) is 18.1 Å². The van der Waals surface area contributed by atoms with E-state index in [2.05, 4.69) is 0 Å². The first-order valence-electron chi connectivity index (χ1n) is 9.22. The standard InChI is InChI=1S/C19H28ClNO5S/c1-25-19(22)18-11-10-17(26-18)9-5-13-21(27(2,23)24)12-4-7-15-6-3-8-16(20)14-15/h3,6,8,14,17-18H,4-5,7,9-13H2,1-2H3. The summed E-state index contributed by atoms with van der Waals surface area (Å²) in [5.74, 6) is -0.337. The summed E-state index contributed by atoms with van der Waals surface area (Å²) in [7, 11) is -1.91. The molecule has 0 radical (unpaired) electrons. The van der Waals surface area contributed by atoms with Crippen LogP contribution < -0.4 is 0 Å². The maximum Gasteiger partial charge on any atom is 0.334 e. The highest BCUT2D eigenvalue weighted by molar-refractivity contribution is 7.88. The van der Waals surface area contributed by atoms with Crippen molar-refractivity contribution in [3.05, 3.63) is 34.9 Å². The van der Waals surface area contributed by atoms with Gasteiger partial charge in [0.15, 0.2) is 6.10 Å². The van der Waals surface area contributed by atoms with Crippen molar-refractivity contribution in [1.82, 2.24) is 4.31 Å². The summed E-state index contributed by atoms with van der Waals surface area (Å²) >= 11 is 5.98. The molecule has 1 aliphatic rings. The Kier molecular flexibility index (Phi) is 8.54. The third-order valence-electron chi connectivity index (χ3n) is 4.74. The molecule has 27 heavy (non-hydrogen) atoms. The molecule has 152 valence electrons. The van der Waals surface area contributed by atoms with Gasteiger partial charge >= 0.3 is 5.97 Å². The van der Waals surface area contributed by atoms with Gasteiger partial charge < -0.3 is 9.47 Å². The average molecular weight is 418 g/mol. The zero-order chi connectivity index (χ0) is 19.9. The number of hydrogen-bond donors (Lipinski definition) is 0. The number of nitrogens with zero attached hydrogens (tertiary/aromatic N) is 1. The lowest BCUT2D eigenvalue weighted by Crippen LogP contribution is -2.32. The molecule has 0 aliphatic carbocycles. The van der Waals surface area contributed by atoms with E-state index in [9.17, 15) is 13.2 Å². The van der Waals surface area contributed by atoms with E-state index in [1.807, 2.05) is 24.3 Å². The molecule has 1 aromatic rings. The third-order valence-corrected chi connectivity index (χ3v) is 6.27. The van der Waals surface area contributed by atoms with Crippen LogP contribution in [-0.2, 0) is 30.7 Å². The Labute approximate surface area is 166 Å². The zero-order valence-electron chi connectivity index (χ0n) is 15.9. The number of esters is 1. The Morgan fingerprint density at radius 1 is 1.30 bits per heavy atom. The minimum absolute atomic E-state index is 0.0121. The summed E-state index contributed by atoms with van der Waals surface area (Å²) in [6.45, 7) is 0.929. The van der Waals surface area contributed by atoms with Gasteiger partial charge in [0.05, 0.1) is 19.5 Å². The molecule has 1 saturated heterocycles. The maximum absolute atomic E-state index is 12.0. The first-order valence-corrected chi connectivity index (χ1v) is 11.4. The summed E-state index contributed by atoms with van der Waals surface area (Å²) in [4.78, 5) is 11.5. The number of halogens is 1. The molecule has 8 heteroatoms. The van der Waals surface area contributed by atoms with Gasteiger partial charge in [-0.1, -0.05) is 23.7 Å². The van der Waals surface area contributed by atoms with E-state index in [4.69, 9.17) is 21.1 Å². The molecular formula is C19H28ClNO5S. The predicted octanol–water partition coefficient (Wildman–Crippen LogP) is 3.04. The second kappa shape index (κ2) is 10.4. The van der Waals surface area contributed by atoms with Crippen LogP contribution in [0.2, 0.25) is 5.02 Å². The number of methoxy groups -OCH3 is 1. The molecule has 2 rings (SSSR count). The molecular weight excluding hydrogens is 390 g/mol. The van der Waals surface area contributed by atoms with Crippen LogP contribution in [0, 0.1) is 0 Å². The molecule has 2 unspecified atom stereocenters. The van der Waals surface area contributed by atoms with Crippen LogP contribution in [0.25, 0.3) is 0 Å². The molecule has 1 heterocycles. The molecule has 0 aromatic heterocycles. The van der Waals surface area contributed by atoms with Crippen LogP contribution in [0.5, 0.6) is 0 Å². The number of ether oxygens (including phenoxy) is 2. The van der Waals surface area contributed by atoms with E-state index in [1.54, 1.807) is 0 Å². The minimum atomic E-state index is -3.26. The van der Waals surface area contributed by atoms with Crippen LogP contribution in [-0.4, -0.2) is 57.4 Å². The van der Waals surface area contributed by atoms with E-state index in [0.29, 0.717) is 31.0 Å². The van der Waals surface area contributed by atoms with Gasteiger partial charge in [-0.3, -0.25) is 0 Å². The van der Waals surface area contributed by atoms with Crippen molar-refractivity contribution in [1.29, 1.82) is 0 Å². The van der Waals surface area contributed by atoms with E-state index < -0.39 is 16.1 Å². The highest BCUT2D eigenvalue weighted by Gasteiger charge is 2.31. The van der Waals surface area contributed by atoms with Crippen molar-refractivity contribution in [3.8, 4) is 0 Å². The molecule has 2 atom stereocenters. The summed E-state index contributed by atoms with van der Waals surface area (Å²) in [6, 6.07) is 7.62. The second-order valence-electron chi connectivity index (χ2n) is 6.88. The zero-order valence-corrected chi connectivity index (χ0v) is 17.5. The number of hydrogen-bond acceptors (Lipinski definition) is 5. The maximum atomic E-state index is 12.0. The summed E-state index contributed by atoms with van der Waals surface area (Å²) in [5.41, 5.74) is 1.10. The van der Waals surface area contributed by atoms with Gasteiger partial charge in [-0.25, -0.2) is 17.5 Å². The topological polar surface area (TPSA) is 72.9 Å². The fourth-order valence-electron chi connectivity index (χ4n) is 3.31. The Balaban J connectivity index is 1.75. The molecule has 1 aliphatic heterocycles. The summed E-state index contributed by atoms with van der Waals surface area (Å²) < 4.78 is 36.0. The largest absolute Gasteiger partial charge is 0.467 e. The van der Waals surface area contributed by atoms with Crippen LogP contribution in [0.4, 0.5) is 0 Å². The van der Waals surface area contributed by atoms with Gasteiger partial charge in [0.25, 0.3) is 0 Å². The number of carbonyl (C=O) groups excluding carboxylic acids is 1. The third kappa shape index (κ3) is 7.41. The van der Waals surface area contributed by atoms with Gasteiger partial charge in [-0.15, -0.1) is 0 Å². The van der Waals surface area contributed by atoms with Crippen molar-refractivity contribution >= 4 is 27.6 Å². The Morgan fingerprint density at radius 2 is 2.04 bits per heavy atom. The fourth-order valence-corrected chi connectivity index (χ4v) is 4.45. The van der Waals surface area contributed by atoms with E-state index in [1.165, 1.54) is 17.7 Å². The smallest absolute Gasteiger partial charge is 0.334 e. The molecule has 0 bridgehead atoms. The van der Waals surface area contributed by atoms with E-state index in [-0.39, 0.29) is 12.1 Å². The van der Waals surface area contributed by atoms with E-state index >= 15 is 0 Å².